The van der Waals surface area contributed by atoms with E-state index >= 15 is 0 Å². The van der Waals surface area contributed by atoms with E-state index in [0.29, 0.717) is 17.1 Å². The highest BCUT2D eigenvalue weighted by Gasteiger charge is 2.07. The molecule has 0 atom stereocenters. The van der Waals surface area contributed by atoms with Gasteiger partial charge in [0.15, 0.2) is 0 Å². The fourth-order valence-corrected chi connectivity index (χ4v) is 2.88. The van der Waals surface area contributed by atoms with Crippen molar-refractivity contribution in [1.82, 2.24) is 0 Å². The van der Waals surface area contributed by atoms with Gasteiger partial charge in [-0.3, -0.25) is 4.79 Å². The van der Waals surface area contributed by atoms with E-state index in [1.165, 1.54) is 5.56 Å². The molecule has 2 N–H and O–H groups in total. The second-order valence-electron chi connectivity index (χ2n) is 6.03. The third-order valence-corrected chi connectivity index (χ3v) is 4.42. The highest BCUT2D eigenvalue weighted by Crippen LogP contribution is 2.18. The lowest BCUT2D eigenvalue weighted by atomic mass is 10.1. The molecule has 0 aliphatic heterocycles. The standard InChI is InChI=1S/C22H21ClN2O/c1-2-17-7-3-4-9-21(17)24-15-16-6-5-8-18(14-16)22(26)25-20-12-10-19(23)11-13-20/h3-14,24H,2,15H2,1H3,(H,25,26). The van der Waals surface area contributed by atoms with Crippen LogP contribution in [0.25, 0.3) is 0 Å². The number of para-hydroxylation sites is 1. The second kappa shape index (κ2) is 8.54. The number of aryl methyl sites for hydroxylation is 1. The molecular weight excluding hydrogens is 344 g/mol. The molecular formula is C22H21ClN2O. The van der Waals surface area contributed by atoms with Crippen molar-refractivity contribution in [1.29, 1.82) is 0 Å². The molecule has 0 unspecified atom stereocenters. The Morgan fingerprint density at radius 1 is 0.962 bits per heavy atom. The van der Waals surface area contributed by atoms with Crippen LogP contribution in [-0.4, -0.2) is 5.91 Å². The third kappa shape index (κ3) is 4.64. The Hall–Kier alpha value is -2.78. The summed E-state index contributed by atoms with van der Waals surface area (Å²) in [6, 6.07) is 23.0. The van der Waals surface area contributed by atoms with Crippen LogP contribution in [0.1, 0.15) is 28.4 Å². The Morgan fingerprint density at radius 2 is 1.73 bits per heavy atom. The van der Waals surface area contributed by atoms with Crippen LogP contribution in [0.2, 0.25) is 5.02 Å². The van der Waals surface area contributed by atoms with Gasteiger partial charge in [0.1, 0.15) is 0 Å². The first-order valence-electron chi connectivity index (χ1n) is 8.63. The van der Waals surface area contributed by atoms with Gasteiger partial charge in [-0.1, -0.05) is 48.9 Å². The van der Waals surface area contributed by atoms with Crippen molar-refractivity contribution in [3.05, 3.63) is 94.5 Å². The number of carbonyl (C=O) groups excluding carboxylic acids is 1. The zero-order valence-corrected chi connectivity index (χ0v) is 15.4. The van der Waals surface area contributed by atoms with E-state index < -0.39 is 0 Å². The maximum absolute atomic E-state index is 12.5. The molecule has 0 saturated heterocycles. The molecule has 132 valence electrons. The fourth-order valence-electron chi connectivity index (χ4n) is 2.76. The van der Waals surface area contributed by atoms with Crippen LogP contribution in [-0.2, 0) is 13.0 Å². The molecule has 1 amide bonds. The predicted molar refractivity (Wildman–Crippen MR) is 109 cm³/mol. The number of halogens is 1. The Morgan fingerprint density at radius 3 is 2.50 bits per heavy atom. The number of rotatable bonds is 6. The number of hydrogen-bond donors (Lipinski definition) is 2. The molecule has 3 aromatic carbocycles. The van der Waals surface area contributed by atoms with Crippen LogP contribution in [0.4, 0.5) is 11.4 Å². The van der Waals surface area contributed by atoms with Gasteiger partial charge in [-0.15, -0.1) is 0 Å². The van der Waals surface area contributed by atoms with Crippen LogP contribution < -0.4 is 10.6 Å². The first kappa shape index (κ1) is 18.0. The Labute approximate surface area is 159 Å². The molecule has 3 aromatic rings. The number of anilines is 2. The lowest BCUT2D eigenvalue weighted by Crippen LogP contribution is -2.12. The van der Waals surface area contributed by atoms with Crippen molar-refractivity contribution in [2.24, 2.45) is 0 Å². The summed E-state index contributed by atoms with van der Waals surface area (Å²) in [5.74, 6) is -0.136. The number of benzene rings is 3. The van der Waals surface area contributed by atoms with Gasteiger partial charge in [-0.2, -0.15) is 0 Å². The van der Waals surface area contributed by atoms with Crippen LogP contribution in [0, 0.1) is 0 Å². The van der Waals surface area contributed by atoms with Crippen LogP contribution in [0.5, 0.6) is 0 Å². The minimum absolute atomic E-state index is 0.136. The summed E-state index contributed by atoms with van der Waals surface area (Å²) >= 11 is 5.87. The summed E-state index contributed by atoms with van der Waals surface area (Å²) in [4.78, 5) is 12.5. The van der Waals surface area contributed by atoms with E-state index in [9.17, 15) is 4.79 Å². The van der Waals surface area contributed by atoms with Crippen LogP contribution >= 0.6 is 11.6 Å². The van der Waals surface area contributed by atoms with Gasteiger partial charge < -0.3 is 10.6 Å². The highest BCUT2D eigenvalue weighted by atomic mass is 35.5. The third-order valence-electron chi connectivity index (χ3n) is 4.17. The van der Waals surface area contributed by atoms with Crippen molar-refractivity contribution in [3.63, 3.8) is 0 Å². The Kier molecular flexibility index (Phi) is 5.92. The number of hydrogen-bond acceptors (Lipinski definition) is 2. The summed E-state index contributed by atoms with van der Waals surface area (Å²) in [7, 11) is 0. The highest BCUT2D eigenvalue weighted by molar-refractivity contribution is 6.30. The van der Waals surface area contributed by atoms with Gasteiger partial charge >= 0.3 is 0 Å². The van der Waals surface area contributed by atoms with Crippen LogP contribution in [0.3, 0.4) is 0 Å². The van der Waals surface area contributed by atoms with Gasteiger partial charge in [-0.05, 0) is 60.0 Å². The molecule has 0 aliphatic carbocycles. The van der Waals surface area contributed by atoms with Crippen molar-refractivity contribution < 1.29 is 4.79 Å². The molecule has 3 rings (SSSR count). The molecule has 4 heteroatoms. The zero-order valence-electron chi connectivity index (χ0n) is 14.6. The number of nitrogens with one attached hydrogen (secondary N) is 2. The monoisotopic (exact) mass is 364 g/mol. The van der Waals surface area contributed by atoms with Gasteiger partial charge in [0.2, 0.25) is 0 Å². The van der Waals surface area contributed by atoms with E-state index in [-0.39, 0.29) is 5.91 Å². The van der Waals surface area contributed by atoms with Crippen molar-refractivity contribution in [2.45, 2.75) is 19.9 Å². The Balaban J connectivity index is 1.67. The van der Waals surface area contributed by atoms with E-state index in [4.69, 9.17) is 11.6 Å². The topological polar surface area (TPSA) is 41.1 Å². The summed E-state index contributed by atoms with van der Waals surface area (Å²) in [6.07, 6.45) is 0.979. The van der Waals surface area contributed by atoms with Gasteiger partial charge in [0, 0.05) is 28.5 Å². The molecule has 0 saturated carbocycles. The van der Waals surface area contributed by atoms with Crippen LogP contribution in [0.15, 0.2) is 72.8 Å². The van der Waals surface area contributed by atoms with Crippen molar-refractivity contribution in [2.75, 3.05) is 10.6 Å². The molecule has 0 bridgehead atoms. The lowest BCUT2D eigenvalue weighted by Gasteiger charge is -2.12. The van der Waals surface area contributed by atoms with Crippen molar-refractivity contribution in [3.8, 4) is 0 Å². The molecule has 0 spiro atoms. The molecule has 0 aliphatic rings. The first-order valence-corrected chi connectivity index (χ1v) is 9.01. The minimum Gasteiger partial charge on any atom is -0.381 e. The van der Waals surface area contributed by atoms with E-state index in [2.05, 4.69) is 29.7 Å². The van der Waals surface area contributed by atoms with Gasteiger partial charge in [0.05, 0.1) is 0 Å². The molecule has 26 heavy (non-hydrogen) atoms. The fraction of sp³-hybridized carbons (Fsp3) is 0.136. The molecule has 0 aromatic heterocycles. The predicted octanol–water partition coefficient (Wildman–Crippen LogP) is 5.77. The van der Waals surface area contributed by atoms with Crippen molar-refractivity contribution >= 4 is 28.9 Å². The van der Waals surface area contributed by atoms with Gasteiger partial charge in [0.25, 0.3) is 5.91 Å². The minimum atomic E-state index is -0.136. The first-order chi connectivity index (χ1) is 12.7. The van der Waals surface area contributed by atoms with E-state index in [0.717, 1.165) is 23.4 Å². The van der Waals surface area contributed by atoms with E-state index in [1.807, 2.05) is 36.4 Å². The largest absolute Gasteiger partial charge is 0.381 e. The SMILES string of the molecule is CCc1ccccc1NCc1cccc(C(=O)Nc2ccc(Cl)cc2)c1. The second-order valence-corrected chi connectivity index (χ2v) is 6.46. The smallest absolute Gasteiger partial charge is 0.255 e. The summed E-state index contributed by atoms with van der Waals surface area (Å²) in [6.45, 7) is 2.81. The number of amides is 1. The molecule has 0 fully saturated rings. The molecule has 3 nitrogen and oxygen atoms in total. The Bertz CT molecular complexity index is 891. The zero-order chi connectivity index (χ0) is 18.4. The van der Waals surface area contributed by atoms with E-state index in [1.54, 1.807) is 24.3 Å². The molecule has 0 heterocycles. The van der Waals surface area contributed by atoms with Gasteiger partial charge in [-0.25, -0.2) is 0 Å². The summed E-state index contributed by atoms with van der Waals surface area (Å²) in [5, 5.41) is 6.98. The maximum atomic E-state index is 12.5. The average molecular weight is 365 g/mol. The lowest BCUT2D eigenvalue weighted by molar-refractivity contribution is 0.102. The quantitative estimate of drug-likeness (QED) is 0.583. The summed E-state index contributed by atoms with van der Waals surface area (Å²) < 4.78 is 0. The normalized spacial score (nSPS) is 10.4. The number of carbonyl (C=O) groups is 1. The maximum Gasteiger partial charge on any atom is 0.255 e. The summed E-state index contributed by atoms with van der Waals surface area (Å²) in [5.41, 5.74) is 4.82. The average Bonchev–Trinajstić information content (AvgIpc) is 2.68. The molecule has 0 radical (unpaired) electrons.